The summed E-state index contributed by atoms with van der Waals surface area (Å²) in [6.45, 7) is 0. The number of fused-ring (bicyclic) bond motifs is 12. The van der Waals surface area contributed by atoms with Gasteiger partial charge in [0.05, 0.1) is 11.4 Å². The zero-order valence-corrected chi connectivity index (χ0v) is 38.7. The average Bonchev–Trinajstić information content (AvgIpc) is 4.00. The molecule has 0 bridgehead atoms. The van der Waals surface area contributed by atoms with Gasteiger partial charge in [-0.3, -0.25) is 0 Å². The molecule has 0 amide bonds. The van der Waals surface area contributed by atoms with E-state index in [9.17, 15) is 0 Å². The lowest BCUT2D eigenvalue weighted by Gasteiger charge is -2.42. The summed E-state index contributed by atoms with van der Waals surface area (Å²) in [7, 11) is 0. The molecule has 7 aromatic carbocycles. The molecule has 2 heterocycles. The van der Waals surface area contributed by atoms with Crippen LogP contribution in [0.25, 0.3) is 81.9 Å². The van der Waals surface area contributed by atoms with E-state index >= 15 is 0 Å². The highest BCUT2D eigenvalue weighted by Gasteiger charge is 2.54. The van der Waals surface area contributed by atoms with E-state index in [0.717, 1.165) is 33.9 Å². The van der Waals surface area contributed by atoms with Crippen LogP contribution in [-0.4, -0.2) is 9.97 Å². The Labute approximate surface area is 397 Å². The predicted molar refractivity (Wildman–Crippen MR) is 280 cm³/mol. The monoisotopic (exact) mass is 880 g/mol. The van der Waals surface area contributed by atoms with Crippen LogP contribution in [0.4, 0.5) is 0 Å². The van der Waals surface area contributed by atoms with Crippen LogP contribution < -0.4 is 0 Å². The first-order valence-electron chi connectivity index (χ1n) is 24.9. The summed E-state index contributed by atoms with van der Waals surface area (Å²) in [5.41, 5.74) is 22.1. The Kier molecular flexibility index (Phi) is 9.10. The molecule has 5 aliphatic carbocycles. The Balaban J connectivity index is 0.855. The zero-order valence-electron chi connectivity index (χ0n) is 37.9. The third-order valence-electron chi connectivity index (χ3n) is 16.8. The molecule has 2 aromatic heterocycles. The van der Waals surface area contributed by atoms with E-state index in [2.05, 4.69) is 176 Å². The van der Waals surface area contributed by atoms with Gasteiger partial charge in [0.1, 0.15) is 0 Å². The van der Waals surface area contributed by atoms with Gasteiger partial charge in [0.25, 0.3) is 0 Å². The van der Waals surface area contributed by atoms with Gasteiger partial charge in [-0.1, -0.05) is 201 Å². The number of nitrogens with zero attached hydrogens (tertiary/aromatic N) is 2. The molecule has 2 spiro atoms. The van der Waals surface area contributed by atoms with Gasteiger partial charge in [0, 0.05) is 53.6 Å². The Morgan fingerprint density at radius 3 is 1.87 bits per heavy atom. The van der Waals surface area contributed by atoms with Crippen LogP contribution >= 0.6 is 11.3 Å². The average molecular weight is 881 g/mol. The molecule has 1 atom stereocenters. The van der Waals surface area contributed by atoms with Crippen molar-refractivity contribution in [3.63, 3.8) is 0 Å². The molecule has 3 heteroatoms. The summed E-state index contributed by atoms with van der Waals surface area (Å²) in [4.78, 5) is 10.5. The zero-order chi connectivity index (χ0) is 44.1. The number of thiophene rings is 1. The quantitative estimate of drug-likeness (QED) is 0.172. The highest BCUT2D eigenvalue weighted by Crippen LogP contribution is 2.66. The fourth-order valence-electron chi connectivity index (χ4n) is 13.7. The van der Waals surface area contributed by atoms with Crippen molar-refractivity contribution in [2.75, 3.05) is 0 Å². The number of hydrogen-bond donors (Lipinski definition) is 0. The summed E-state index contributed by atoms with van der Waals surface area (Å²) in [6, 6.07) is 63.1. The molecule has 2 fully saturated rings. The smallest absolute Gasteiger partial charge is 0.160 e. The molecule has 1 unspecified atom stereocenters. The topological polar surface area (TPSA) is 25.8 Å². The van der Waals surface area contributed by atoms with E-state index in [0.29, 0.717) is 5.92 Å². The van der Waals surface area contributed by atoms with E-state index in [4.69, 9.17) is 9.97 Å². The normalized spacial score (nSPS) is 18.8. The molecule has 0 N–H and O–H groups in total. The van der Waals surface area contributed by atoms with Crippen LogP contribution in [0.15, 0.2) is 187 Å². The van der Waals surface area contributed by atoms with E-state index in [1.54, 1.807) is 33.4 Å². The largest absolute Gasteiger partial charge is 0.228 e. The first-order chi connectivity index (χ1) is 33.1. The minimum absolute atomic E-state index is 0.136. The first kappa shape index (κ1) is 39.5. The number of benzene rings is 7. The summed E-state index contributed by atoms with van der Waals surface area (Å²) in [5, 5.41) is 2.60. The Bertz CT molecular complexity index is 3490. The molecular formula is C64H52N2S. The maximum atomic E-state index is 5.30. The number of aromatic nitrogens is 2. The van der Waals surface area contributed by atoms with Crippen molar-refractivity contribution in [1.82, 2.24) is 9.97 Å². The molecule has 2 saturated carbocycles. The van der Waals surface area contributed by atoms with Crippen LogP contribution in [0, 0.1) is 0 Å². The number of allylic oxidation sites excluding steroid dienone is 4. The van der Waals surface area contributed by atoms with E-state index in [-0.39, 0.29) is 10.8 Å². The van der Waals surface area contributed by atoms with Gasteiger partial charge in [0.2, 0.25) is 0 Å². The molecule has 14 rings (SSSR count). The van der Waals surface area contributed by atoms with Crippen molar-refractivity contribution in [1.29, 1.82) is 0 Å². The first-order valence-corrected chi connectivity index (χ1v) is 25.7. The van der Waals surface area contributed by atoms with E-state index in [1.165, 1.54) is 119 Å². The van der Waals surface area contributed by atoms with E-state index < -0.39 is 0 Å². The van der Waals surface area contributed by atoms with Crippen molar-refractivity contribution in [3.05, 3.63) is 209 Å². The number of rotatable bonds is 5. The minimum atomic E-state index is 0.136. The Hall–Kier alpha value is -6.68. The molecule has 0 radical (unpaired) electrons. The second kappa shape index (κ2) is 15.4. The highest BCUT2D eigenvalue weighted by molar-refractivity contribution is 7.26. The fraction of sp³-hybridized carbons (Fsp3) is 0.219. The van der Waals surface area contributed by atoms with Crippen molar-refractivity contribution < 1.29 is 0 Å². The van der Waals surface area contributed by atoms with Gasteiger partial charge >= 0.3 is 0 Å². The highest BCUT2D eigenvalue weighted by atomic mass is 32.1. The van der Waals surface area contributed by atoms with Gasteiger partial charge in [0.15, 0.2) is 5.82 Å². The molecule has 0 saturated heterocycles. The summed E-state index contributed by atoms with van der Waals surface area (Å²) in [5.74, 6) is 1.23. The summed E-state index contributed by atoms with van der Waals surface area (Å²) in [6.07, 6.45) is 17.2. The molecule has 324 valence electrons. The van der Waals surface area contributed by atoms with Crippen molar-refractivity contribution in [2.24, 2.45) is 0 Å². The third-order valence-corrected chi connectivity index (χ3v) is 18.0. The SMILES string of the molecule is C1=C2C(CC3=C1c1ccccc1C31CCCCC1)c1ccc(-c3ccc4sc5c(-c6cc(-c7ccc(-c8ccccc8)cc7)nc(-c7ccccc7)n6)cccc5c4c3)cc1C21CCCCC1. The second-order valence-electron chi connectivity index (χ2n) is 20.1. The molecule has 2 nitrogen and oxygen atoms in total. The van der Waals surface area contributed by atoms with Crippen molar-refractivity contribution in [3.8, 4) is 56.2 Å². The van der Waals surface area contributed by atoms with Gasteiger partial charge in [-0.25, -0.2) is 9.97 Å². The molecule has 5 aliphatic rings. The van der Waals surface area contributed by atoms with Gasteiger partial charge in [-0.05, 0) is 106 Å². The van der Waals surface area contributed by atoms with Crippen LogP contribution in [0.2, 0.25) is 0 Å². The van der Waals surface area contributed by atoms with Gasteiger partial charge in [-0.2, -0.15) is 0 Å². The summed E-state index contributed by atoms with van der Waals surface area (Å²) >= 11 is 1.88. The van der Waals surface area contributed by atoms with Gasteiger partial charge < -0.3 is 0 Å². The minimum Gasteiger partial charge on any atom is -0.228 e. The van der Waals surface area contributed by atoms with Crippen molar-refractivity contribution in [2.45, 2.75) is 87.4 Å². The lowest BCUT2D eigenvalue weighted by atomic mass is 9.62. The molecular weight excluding hydrogens is 829 g/mol. The lowest BCUT2D eigenvalue weighted by molar-refractivity contribution is 0.325. The third kappa shape index (κ3) is 6.13. The molecule has 67 heavy (non-hydrogen) atoms. The lowest BCUT2D eigenvalue weighted by Crippen LogP contribution is -2.32. The van der Waals surface area contributed by atoms with E-state index in [1.807, 2.05) is 11.3 Å². The second-order valence-corrected chi connectivity index (χ2v) is 21.2. The van der Waals surface area contributed by atoms with Crippen LogP contribution in [0.5, 0.6) is 0 Å². The number of hydrogen-bond acceptors (Lipinski definition) is 3. The predicted octanol–water partition coefficient (Wildman–Crippen LogP) is 17.5. The Morgan fingerprint density at radius 2 is 1.07 bits per heavy atom. The van der Waals surface area contributed by atoms with Crippen LogP contribution in [0.3, 0.4) is 0 Å². The maximum absolute atomic E-state index is 5.30. The fourth-order valence-corrected chi connectivity index (χ4v) is 14.9. The Morgan fingerprint density at radius 1 is 0.448 bits per heavy atom. The molecule has 0 aliphatic heterocycles. The standard InChI is InChI=1S/C64H52N2S/c1-5-16-41(17-6-1)42-24-26-43(27-25-42)58-40-59(66-62(65-58)44-18-7-2-8-19-44)50-22-15-21-49-53-36-45(29-31-60(53)67-61(49)50)46-28-30-48-52-39-56-51(38-57(52)64(55(48)37-46)34-13-4-14-35-64)47-20-9-10-23-54(47)63(56)32-11-3-12-33-63/h1-2,5-10,15-31,36-38,40,52H,3-4,11-14,32-35,39H2. The maximum Gasteiger partial charge on any atom is 0.160 e. The van der Waals surface area contributed by atoms with Crippen molar-refractivity contribution >= 4 is 37.1 Å². The van der Waals surface area contributed by atoms with Crippen LogP contribution in [-0.2, 0) is 10.8 Å². The van der Waals surface area contributed by atoms with Gasteiger partial charge in [-0.15, -0.1) is 11.3 Å². The van der Waals surface area contributed by atoms with Crippen LogP contribution in [0.1, 0.15) is 98.8 Å². The summed E-state index contributed by atoms with van der Waals surface area (Å²) < 4.78 is 2.57. The molecule has 9 aromatic rings.